The normalized spacial score (nSPS) is 11.5. The second-order valence-electron chi connectivity index (χ2n) is 5.72. The van der Waals surface area contributed by atoms with Crippen molar-refractivity contribution >= 4 is 23.3 Å². The number of carbonyl (C=O) groups excluding carboxylic acids is 1. The molecule has 1 aromatic heterocycles. The lowest BCUT2D eigenvalue weighted by Crippen LogP contribution is -2.20. The first-order valence-electron chi connectivity index (χ1n) is 8.33. The lowest BCUT2D eigenvalue weighted by atomic mass is 9.97. The van der Waals surface area contributed by atoms with Crippen molar-refractivity contribution in [3.63, 3.8) is 0 Å². The number of hydrogen-bond acceptors (Lipinski definition) is 5. The number of hydrogen-bond donors (Lipinski definition) is 2. The van der Waals surface area contributed by atoms with Gasteiger partial charge in [-0.1, -0.05) is 48.0 Å². The van der Waals surface area contributed by atoms with Crippen molar-refractivity contribution in [1.29, 1.82) is 0 Å². The van der Waals surface area contributed by atoms with Gasteiger partial charge in [0, 0.05) is 17.6 Å². The average Bonchev–Trinajstić information content (AvgIpc) is 2.72. The second-order valence-corrected chi connectivity index (χ2v) is 6.13. The third kappa shape index (κ3) is 4.17. The van der Waals surface area contributed by atoms with Crippen molar-refractivity contribution in [2.75, 3.05) is 19.5 Å². The van der Waals surface area contributed by atoms with Crippen molar-refractivity contribution in [2.45, 2.75) is 6.04 Å². The van der Waals surface area contributed by atoms with Crippen LogP contribution in [0.1, 0.15) is 27.7 Å². The Morgan fingerprint density at radius 2 is 1.70 bits per heavy atom. The molecule has 0 radical (unpaired) electrons. The molecular weight excluding hydrogens is 364 g/mol. The monoisotopic (exact) mass is 382 g/mol. The van der Waals surface area contributed by atoms with Crippen LogP contribution in [0.2, 0.25) is 5.02 Å². The minimum atomic E-state index is -0.310. The van der Waals surface area contributed by atoms with Crippen LogP contribution in [0.15, 0.2) is 60.7 Å². The minimum absolute atomic E-state index is 0.245. The number of nitrogens with one attached hydrogen (secondary N) is 2. The van der Waals surface area contributed by atoms with Gasteiger partial charge in [0.2, 0.25) is 0 Å². The van der Waals surface area contributed by atoms with E-state index >= 15 is 0 Å². The summed E-state index contributed by atoms with van der Waals surface area (Å²) in [6.45, 7) is 0. The number of para-hydroxylation sites is 1. The molecule has 0 saturated heterocycles. The van der Waals surface area contributed by atoms with Crippen LogP contribution < -0.4 is 15.4 Å². The van der Waals surface area contributed by atoms with Gasteiger partial charge in [-0.2, -0.15) is 0 Å². The van der Waals surface area contributed by atoms with E-state index in [-0.39, 0.29) is 17.6 Å². The Hall–Kier alpha value is -3.12. The van der Waals surface area contributed by atoms with E-state index in [0.717, 1.165) is 16.9 Å². The Labute approximate surface area is 162 Å². The summed E-state index contributed by atoms with van der Waals surface area (Å²) in [4.78, 5) is 11.7. The highest BCUT2D eigenvalue weighted by atomic mass is 35.5. The van der Waals surface area contributed by atoms with E-state index in [0.29, 0.717) is 10.8 Å². The van der Waals surface area contributed by atoms with E-state index in [2.05, 4.69) is 20.8 Å². The van der Waals surface area contributed by atoms with Crippen molar-refractivity contribution in [2.24, 2.45) is 0 Å². The highest BCUT2D eigenvalue weighted by Gasteiger charge is 2.21. The van der Waals surface area contributed by atoms with Crippen molar-refractivity contribution in [3.05, 3.63) is 82.5 Å². The maximum Gasteiger partial charge on any atom is 0.271 e. The van der Waals surface area contributed by atoms with E-state index in [4.69, 9.17) is 16.3 Å². The molecule has 0 fully saturated rings. The summed E-state index contributed by atoms with van der Waals surface area (Å²) >= 11 is 6.45. The molecule has 1 heterocycles. The fourth-order valence-corrected chi connectivity index (χ4v) is 2.99. The number of rotatable bonds is 6. The first kappa shape index (κ1) is 18.7. The van der Waals surface area contributed by atoms with E-state index in [9.17, 15) is 4.79 Å². The zero-order valence-corrected chi connectivity index (χ0v) is 15.7. The van der Waals surface area contributed by atoms with Crippen molar-refractivity contribution in [3.8, 4) is 5.75 Å². The molecule has 2 N–H and O–H groups in total. The van der Waals surface area contributed by atoms with Gasteiger partial charge in [-0.15, -0.1) is 10.2 Å². The summed E-state index contributed by atoms with van der Waals surface area (Å²) in [5.74, 6) is 0.949. The van der Waals surface area contributed by atoms with Gasteiger partial charge < -0.3 is 15.4 Å². The molecule has 0 aliphatic heterocycles. The molecule has 2 aromatic carbocycles. The van der Waals surface area contributed by atoms with Crippen LogP contribution in [0.25, 0.3) is 0 Å². The number of aromatic nitrogens is 2. The number of halogens is 1. The lowest BCUT2D eigenvalue weighted by molar-refractivity contribution is 0.0957. The Balaban J connectivity index is 2.00. The zero-order valence-electron chi connectivity index (χ0n) is 14.9. The van der Waals surface area contributed by atoms with Crippen LogP contribution in [-0.4, -0.2) is 30.3 Å². The number of benzene rings is 2. The fourth-order valence-electron chi connectivity index (χ4n) is 2.74. The van der Waals surface area contributed by atoms with E-state index in [1.54, 1.807) is 26.3 Å². The van der Waals surface area contributed by atoms with E-state index < -0.39 is 0 Å². The van der Waals surface area contributed by atoms with Gasteiger partial charge in [0.1, 0.15) is 11.6 Å². The Kier molecular flexibility index (Phi) is 5.88. The van der Waals surface area contributed by atoms with Gasteiger partial charge in [-0.25, -0.2) is 0 Å². The number of amides is 1. The van der Waals surface area contributed by atoms with Gasteiger partial charge in [0.25, 0.3) is 5.91 Å². The smallest absolute Gasteiger partial charge is 0.271 e. The number of anilines is 1. The van der Waals surface area contributed by atoms with Crippen molar-refractivity contribution < 1.29 is 9.53 Å². The number of methoxy groups -OCH3 is 1. The highest BCUT2D eigenvalue weighted by molar-refractivity contribution is 6.31. The van der Waals surface area contributed by atoms with E-state index in [1.165, 1.54) is 0 Å². The molecule has 0 aliphatic rings. The maximum absolute atomic E-state index is 11.7. The summed E-state index contributed by atoms with van der Waals surface area (Å²) in [5.41, 5.74) is 2.03. The minimum Gasteiger partial charge on any atom is -0.496 e. The van der Waals surface area contributed by atoms with Crippen LogP contribution in [-0.2, 0) is 0 Å². The maximum atomic E-state index is 11.7. The van der Waals surface area contributed by atoms with Crippen LogP contribution in [0.5, 0.6) is 5.75 Å². The molecule has 7 heteroatoms. The molecule has 6 nitrogen and oxygen atoms in total. The Morgan fingerprint density at radius 1 is 1.00 bits per heavy atom. The molecule has 1 amide bonds. The van der Waals surface area contributed by atoms with Gasteiger partial charge in [0.15, 0.2) is 5.69 Å². The van der Waals surface area contributed by atoms with Gasteiger partial charge in [-0.3, -0.25) is 4.79 Å². The number of ether oxygens (including phenoxy) is 1. The molecule has 0 spiro atoms. The van der Waals surface area contributed by atoms with Crippen LogP contribution in [0, 0.1) is 0 Å². The summed E-state index contributed by atoms with van der Waals surface area (Å²) in [6.07, 6.45) is 0. The Bertz CT molecular complexity index is 931. The molecule has 3 rings (SSSR count). The van der Waals surface area contributed by atoms with E-state index in [1.807, 2.05) is 48.5 Å². The third-order valence-electron chi connectivity index (χ3n) is 4.08. The van der Waals surface area contributed by atoms with Gasteiger partial charge in [0.05, 0.1) is 13.2 Å². The molecular formula is C20H19ClN4O2. The number of carbonyl (C=O) groups is 1. The van der Waals surface area contributed by atoms with Crippen LogP contribution in [0.3, 0.4) is 0 Å². The summed E-state index contributed by atoms with van der Waals surface area (Å²) in [6, 6.07) is 18.3. The lowest BCUT2D eigenvalue weighted by Gasteiger charge is -2.23. The SMILES string of the molecule is CNC(=O)c1ccc(NC(c2ccccc2Cl)c2ccccc2OC)nn1. The van der Waals surface area contributed by atoms with Crippen LogP contribution >= 0.6 is 11.6 Å². The molecule has 0 saturated carbocycles. The molecule has 1 atom stereocenters. The highest BCUT2D eigenvalue weighted by Crippen LogP contribution is 2.35. The molecule has 138 valence electrons. The summed E-state index contributed by atoms with van der Waals surface area (Å²) in [5, 5.41) is 14.6. The summed E-state index contributed by atoms with van der Waals surface area (Å²) < 4.78 is 5.52. The van der Waals surface area contributed by atoms with Gasteiger partial charge >= 0.3 is 0 Å². The molecule has 1 unspecified atom stereocenters. The fraction of sp³-hybridized carbons (Fsp3) is 0.150. The van der Waals surface area contributed by atoms with Crippen molar-refractivity contribution in [1.82, 2.24) is 15.5 Å². The molecule has 27 heavy (non-hydrogen) atoms. The second kappa shape index (κ2) is 8.51. The first-order chi connectivity index (χ1) is 13.1. The predicted molar refractivity (Wildman–Crippen MR) is 105 cm³/mol. The van der Waals surface area contributed by atoms with Gasteiger partial charge in [-0.05, 0) is 29.8 Å². The summed E-state index contributed by atoms with van der Waals surface area (Å²) in [7, 11) is 3.17. The average molecular weight is 383 g/mol. The quantitative estimate of drug-likeness (QED) is 0.679. The molecule has 3 aromatic rings. The molecule has 0 aliphatic carbocycles. The Morgan fingerprint density at radius 3 is 2.33 bits per heavy atom. The topological polar surface area (TPSA) is 76.1 Å². The largest absolute Gasteiger partial charge is 0.496 e. The number of nitrogens with zero attached hydrogens (tertiary/aromatic N) is 2. The first-order valence-corrected chi connectivity index (χ1v) is 8.71. The standard InChI is InChI=1S/C20H19ClN4O2/c1-22-20(26)16-11-12-18(25-24-16)23-19(13-7-3-5-9-15(13)21)14-8-4-6-10-17(14)27-2/h3-12,19H,1-2H3,(H,22,26)(H,23,25). The predicted octanol–water partition coefficient (Wildman–Crippen LogP) is 3.70. The molecule has 0 bridgehead atoms. The van der Waals surface area contributed by atoms with Crippen LogP contribution in [0.4, 0.5) is 5.82 Å². The third-order valence-corrected chi connectivity index (χ3v) is 4.43. The zero-order chi connectivity index (χ0) is 19.2.